The molecule has 0 saturated carbocycles. The fraction of sp³-hybridized carbons (Fsp3) is 0.200. The first kappa shape index (κ1) is 16.7. The van der Waals surface area contributed by atoms with Gasteiger partial charge in [0.2, 0.25) is 0 Å². The van der Waals surface area contributed by atoms with Gasteiger partial charge in [-0.25, -0.2) is 4.98 Å². The van der Waals surface area contributed by atoms with E-state index in [1.165, 1.54) is 5.56 Å². The molecule has 0 spiro atoms. The van der Waals surface area contributed by atoms with Crippen LogP contribution in [0, 0.1) is 11.3 Å². The molecular weight excluding hydrogens is 312 g/mol. The van der Waals surface area contributed by atoms with Gasteiger partial charge in [0.05, 0.1) is 25.1 Å². The number of ether oxygens (including phenoxy) is 1. The van der Waals surface area contributed by atoms with Crippen molar-refractivity contribution in [1.29, 1.82) is 5.26 Å². The van der Waals surface area contributed by atoms with Crippen LogP contribution in [0.3, 0.4) is 0 Å². The highest BCUT2D eigenvalue weighted by Gasteiger charge is 2.09. The summed E-state index contributed by atoms with van der Waals surface area (Å²) in [5.74, 6) is 0.783. The number of aromatic nitrogens is 2. The Balaban J connectivity index is 1.74. The molecule has 0 amide bonds. The van der Waals surface area contributed by atoms with Crippen molar-refractivity contribution in [3.05, 3.63) is 77.9 Å². The van der Waals surface area contributed by atoms with Crippen molar-refractivity contribution in [2.75, 3.05) is 7.11 Å². The molecule has 0 aliphatic rings. The predicted molar refractivity (Wildman–Crippen MR) is 96.5 cm³/mol. The largest absolute Gasteiger partial charge is 0.496 e. The van der Waals surface area contributed by atoms with Crippen molar-refractivity contribution < 1.29 is 4.74 Å². The molecule has 0 unspecified atom stereocenters. The molecule has 3 rings (SSSR count). The molecule has 5 heteroatoms. The highest BCUT2D eigenvalue weighted by molar-refractivity contribution is 5.42. The Morgan fingerprint density at radius 2 is 2.16 bits per heavy atom. The van der Waals surface area contributed by atoms with Crippen LogP contribution in [0.1, 0.15) is 29.7 Å². The van der Waals surface area contributed by atoms with Crippen LogP contribution in [-0.4, -0.2) is 16.7 Å². The molecular formula is C20H20N4O. The molecule has 0 bridgehead atoms. The van der Waals surface area contributed by atoms with Crippen molar-refractivity contribution >= 4 is 0 Å². The van der Waals surface area contributed by atoms with E-state index in [1.807, 2.05) is 29.0 Å². The molecule has 0 aliphatic heterocycles. The van der Waals surface area contributed by atoms with Gasteiger partial charge in [0.15, 0.2) is 0 Å². The lowest BCUT2D eigenvalue weighted by atomic mass is 10.1. The van der Waals surface area contributed by atoms with E-state index in [2.05, 4.69) is 41.5 Å². The average molecular weight is 332 g/mol. The summed E-state index contributed by atoms with van der Waals surface area (Å²) in [6, 6.07) is 16.1. The van der Waals surface area contributed by atoms with Crippen molar-refractivity contribution in [3.63, 3.8) is 0 Å². The zero-order chi connectivity index (χ0) is 17.6. The van der Waals surface area contributed by atoms with Crippen molar-refractivity contribution in [2.24, 2.45) is 0 Å². The number of benzene rings is 2. The SMILES string of the molecule is COc1ccc(C#N)cc1CN[C@@H](C)c1cccc(-n2ccnc2)c1. The number of nitrogens with one attached hydrogen (secondary N) is 1. The fourth-order valence-electron chi connectivity index (χ4n) is 2.73. The van der Waals surface area contributed by atoms with Gasteiger partial charge < -0.3 is 14.6 Å². The van der Waals surface area contributed by atoms with Crippen LogP contribution in [-0.2, 0) is 6.54 Å². The molecule has 1 heterocycles. The fourth-order valence-corrected chi connectivity index (χ4v) is 2.73. The van der Waals surface area contributed by atoms with Gasteiger partial charge in [-0.05, 0) is 42.8 Å². The zero-order valence-electron chi connectivity index (χ0n) is 14.3. The summed E-state index contributed by atoms with van der Waals surface area (Å²) < 4.78 is 7.37. The lowest BCUT2D eigenvalue weighted by Gasteiger charge is -2.17. The van der Waals surface area contributed by atoms with Crippen molar-refractivity contribution in [1.82, 2.24) is 14.9 Å². The minimum Gasteiger partial charge on any atom is -0.496 e. The molecule has 0 fully saturated rings. The summed E-state index contributed by atoms with van der Waals surface area (Å²) in [6.07, 6.45) is 5.48. The lowest BCUT2D eigenvalue weighted by molar-refractivity contribution is 0.406. The third-order valence-corrected chi connectivity index (χ3v) is 4.18. The Bertz CT molecular complexity index is 881. The summed E-state index contributed by atoms with van der Waals surface area (Å²) in [6.45, 7) is 2.74. The van der Waals surface area contributed by atoms with E-state index in [0.717, 1.165) is 17.0 Å². The van der Waals surface area contributed by atoms with Gasteiger partial charge in [-0.1, -0.05) is 12.1 Å². The molecule has 5 nitrogen and oxygen atoms in total. The highest BCUT2D eigenvalue weighted by Crippen LogP contribution is 2.22. The third kappa shape index (κ3) is 3.87. The number of imidazole rings is 1. The zero-order valence-corrected chi connectivity index (χ0v) is 14.3. The molecule has 0 aliphatic carbocycles. The molecule has 2 aromatic carbocycles. The Kier molecular flexibility index (Phi) is 5.12. The summed E-state index contributed by atoms with van der Waals surface area (Å²) in [4.78, 5) is 4.09. The maximum absolute atomic E-state index is 9.08. The van der Waals surface area contributed by atoms with Gasteiger partial charge >= 0.3 is 0 Å². The van der Waals surface area contributed by atoms with Gasteiger partial charge in [0.25, 0.3) is 0 Å². The van der Waals surface area contributed by atoms with Gasteiger partial charge in [-0.3, -0.25) is 0 Å². The smallest absolute Gasteiger partial charge is 0.123 e. The second-order valence-corrected chi connectivity index (χ2v) is 5.81. The first-order valence-electron chi connectivity index (χ1n) is 8.10. The van der Waals surface area contributed by atoms with Gasteiger partial charge in [0.1, 0.15) is 5.75 Å². The molecule has 126 valence electrons. The Hall–Kier alpha value is -3.10. The number of rotatable bonds is 6. The van der Waals surface area contributed by atoms with Gasteiger partial charge in [0, 0.05) is 36.2 Å². The van der Waals surface area contributed by atoms with E-state index in [9.17, 15) is 0 Å². The number of nitrogens with zero attached hydrogens (tertiary/aromatic N) is 3. The number of hydrogen-bond acceptors (Lipinski definition) is 4. The van der Waals surface area contributed by atoms with Crippen LogP contribution in [0.15, 0.2) is 61.2 Å². The van der Waals surface area contributed by atoms with E-state index in [0.29, 0.717) is 12.1 Å². The minimum atomic E-state index is 0.152. The average Bonchev–Trinajstić information content (AvgIpc) is 3.20. The second-order valence-electron chi connectivity index (χ2n) is 5.81. The Morgan fingerprint density at radius 3 is 2.88 bits per heavy atom. The van der Waals surface area contributed by atoms with E-state index in [-0.39, 0.29) is 6.04 Å². The molecule has 3 aromatic rings. The van der Waals surface area contributed by atoms with E-state index in [4.69, 9.17) is 10.00 Å². The van der Waals surface area contributed by atoms with Crippen LogP contribution in [0.2, 0.25) is 0 Å². The first-order valence-corrected chi connectivity index (χ1v) is 8.10. The van der Waals surface area contributed by atoms with Crippen LogP contribution in [0.25, 0.3) is 5.69 Å². The maximum atomic E-state index is 9.08. The standard InChI is InChI=1S/C20H20N4O/c1-15(17-4-3-5-19(11-17)24-9-8-22-14-24)23-13-18-10-16(12-21)6-7-20(18)25-2/h3-11,14-15,23H,13H2,1-2H3/t15-/m0/s1. The summed E-state index contributed by atoms with van der Waals surface area (Å²) >= 11 is 0. The molecule has 25 heavy (non-hydrogen) atoms. The predicted octanol–water partition coefficient (Wildman–Crippen LogP) is 3.60. The third-order valence-electron chi connectivity index (χ3n) is 4.18. The van der Waals surface area contributed by atoms with Gasteiger partial charge in [-0.15, -0.1) is 0 Å². The minimum absolute atomic E-state index is 0.152. The number of hydrogen-bond donors (Lipinski definition) is 1. The normalized spacial score (nSPS) is 11.7. The second kappa shape index (κ2) is 7.65. The van der Waals surface area contributed by atoms with Crippen LogP contribution >= 0.6 is 0 Å². The van der Waals surface area contributed by atoms with Crippen LogP contribution < -0.4 is 10.1 Å². The summed E-state index contributed by atoms with van der Waals surface area (Å²) in [7, 11) is 1.64. The quantitative estimate of drug-likeness (QED) is 0.749. The molecule has 1 aromatic heterocycles. The first-order chi connectivity index (χ1) is 12.2. The molecule has 0 radical (unpaired) electrons. The van der Waals surface area contributed by atoms with Gasteiger partial charge in [-0.2, -0.15) is 5.26 Å². The van der Waals surface area contributed by atoms with E-state index in [1.54, 1.807) is 25.7 Å². The van der Waals surface area contributed by atoms with Crippen molar-refractivity contribution in [2.45, 2.75) is 19.5 Å². The summed E-state index contributed by atoms with van der Waals surface area (Å²) in [5.41, 5.74) is 3.86. The van der Waals surface area contributed by atoms with Crippen LogP contribution in [0.4, 0.5) is 0 Å². The Morgan fingerprint density at radius 1 is 1.28 bits per heavy atom. The molecule has 0 saturated heterocycles. The molecule has 1 N–H and O–H groups in total. The topological polar surface area (TPSA) is 62.9 Å². The van der Waals surface area contributed by atoms with E-state index >= 15 is 0 Å². The van der Waals surface area contributed by atoms with E-state index < -0.39 is 0 Å². The van der Waals surface area contributed by atoms with Crippen molar-refractivity contribution in [3.8, 4) is 17.5 Å². The monoisotopic (exact) mass is 332 g/mol. The summed E-state index contributed by atoms with van der Waals surface area (Å²) in [5, 5.41) is 12.6. The number of nitriles is 1. The Labute approximate surface area is 147 Å². The molecule has 1 atom stereocenters. The number of methoxy groups -OCH3 is 1. The highest BCUT2D eigenvalue weighted by atomic mass is 16.5. The van der Waals surface area contributed by atoms with Crippen LogP contribution in [0.5, 0.6) is 5.75 Å². The maximum Gasteiger partial charge on any atom is 0.123 e. The lowest BCUT2D eigenvalue weighted by Crippen LogP contribution is -2.18.